The van der Waals surface area contributed by atoms with Crippen LogP contribution in [-0.4, -0.2) is 42.6 Å². The molecule has 1 heterocycles. The van der Waals surface area contributed by atoms with Crippen LogP contribution in [0.5, 0.6) is 5.75 Å². The van der Waals surface area contributed by atoms with Gasteiger partial charge in [0.2, 0.25) is 5.82 Å². The molecule has 0 fully saturated rings. The highest BCUT2D eigenvalue weighted by Crippen LogP contribution is 2.27. The Bertz CT molecular complexity index is 707. The van der Waals surface area contributed by atoms with Crippen LogP contribution in [0.1, 0.15) is 11.6 Å². The normalized spacial score (nSPS) is 12.0. The lowest BCUT2D eigenvalue weighted by molar-refractivity contribution is -0.384. The van der Waals surface area contributed by atoms with Crippen LogP contribution in [-0.2, 0) is 0 Å². The van der Waals surface area contributed by atoms with Crippen LogP contribution in [0.2, 0.25) is 0 Å². The number of anilines is 1. The van der Waals surface area contributed by atoms with E-state index in [-0.39, 0.29) is 17.5 Å². The molecule has 1 atom stereocenters. The highest BCUT2D eigenvalue weighted by Gasteiger charge is 2.19. The van der Waals surface area contributed by atoms with E-state index in [1.165, 1.54) is 12.3 Å². The third-order valence-corrected chi connectivity index (χ3v) is 4.05. The van der Waals surface area contributed by atoms with Gasteiger partial charge in [-0.15, -0.1) is 0 Å². The predicted molar refractivity (Wildman–Crippen MR) is 96.5 cm³/mol. The van der Waals surface area contributed by atoms with Crippen LogP contribution in [0.25, 0.3) is 0 Å². The molecule has 2 aromatic rings. The lowest BCUT2D eigenvalue weighted by atomic mass is 10.1. The number of nitro groups is 1. The van der Waals surface area contributed by atoms with E-state index >= 15 is 0 Å². The zero-order valence-electron chi connectivity index (χ0n) is 13.7. The van der Waals surface area contributed by atoms with E-state index < -0.39 is 4.92 Å². The number of hydrogen-bond acceptors (Lipinski definition) is 6. The SMILES string of the molecule is COc1ccc(C(CNc2ncc(Br)cc2[N+](=O)[O-])N(C)C)cc1. The number of nitrogens with one attached hydrogen (secondary N) is 1. The number of nitrogens with zero attached hydrogens (tertiary/aromatic N) is 3. The molecular weight excluding hydrogens is 376 g/mol. The van der Waals surface area contributed by atoms with E-state index in [1.807, 2.05) is 43.3 Å². The maximum absolute atomic E-state index is 11.2. The summed E-state index contributed by atoms with van der Waals surface area (Å²) in [7, 11) is 5.54. The molecule has 0 spiro atoms. The van der Waals surface area contributed by atoms with Gasteiger partial charge in [-0.05, 0) is 47.7 Å². The van der Waals surface area contributed by atoms with Crippen molar-refractivity contribution in [3.8, 4) is 5.75 Å². The van der Waals surface area contributed by atoms with E-state index in [2.05, 4.69) is 26.2 Å². The topological polar surface area (TPSA) is 80.5 Å². The second-order valence-corrected chi connectivity index (χ2v) is 6.33. The molecule has 0 radical (unpaired) electrons. The van der Waals surface area contributed by atoms with Crippen LogP contribution in [0.15, 0.2) is 41.0 Å². The van der Waals surface area contributed by atoms with Crippen LogP contribution in [0.4, 0.5) is 11.5 Å². The molecule has 0 aliphatic heterocycles. The van der Waals surface area contributed by atoms with Crippen molar-refractivity contribution in [1.29, 1.82) is 0 Å². The number of benzene rings is 1. The highest BCUT2D eigenvalue weighted by atomic mass is 79.9. The summed E-state index contributed by atoms with van der Waals surface area (Å²) < 4.78 is 5.74. The van der Waals surface area contributed by atoms with Crippen molar-refractivity contribution in [2.75, 3.05) is 33.1 Å². The highest BCUT2D eigenvalue weighted by molar-refractivity contribution is 9.10. The number of rotatable bonds is 7. The molecular formula is C16H19BrN4O3. The summed E-state index contributed by atoms with van der Waals surface area (Å²) in [5.74, 6) is 1.04. The maximum atomic E-state index is 11.2. The molecule has 128 valence electrons. The van der Waals surface area contributed by atoms with Gasteiger partial charge in [0.25, 0.3) is 0 Å². The van der Waals surface area contributed by atoms with Gasteiger partial charge in [-0.2, -0.15) is 0 Å². The van der Waals surface area contributed by atoms with Crippen LogP contribution >= 0.6 is 15.9 Å². The van der Waals surface area contributed by atoms with E-state index in [0.29, 0.717) is 11.0 Å². The van der Waals surface area contributed by atoms with Gasteiger partial charge in [0, 0.05) is 23.3 Å². The zero-order valence-corrected chi connectivity index (χ0v) is 15.3. The Morgan fingerprint density at radius 3 is 2.58 bits per heavy atom. The van der Waals surface area contributed by atoms with Gasteiger partial charge in [0.05, 0.1) is 18.1 Å². The van der Waals surface area contributed by atoms with E-state index in [0.717, 1.165) is 11.3 Å². The van der Waals surface area contributed by atoms with Gasteiger partial charge in [0.15, 0.2) is 0 Å². The van der Waals surface area contributed by atoms with E-state index in [9.17, 15) is 10.1 Å². The molecule has 1 N–H and O–H groups in total. The molecule has 1 unspecified atom stereocenters. The van der Waals surface area contributed by atoms with Gasteiger partial charge >= 0.3 is 5.69 Å². The Labute approximate surface area is 148 Å². The van der Waals surface area contributed by atoms with Gasteiger partial charge in [-0.25, -0.2) is 4.98 Å². The summed E-state index contributed by atoms with van der Waals surface area (Å²) in [6.45, 7) is 0.481. The molecule has 0 saturated heterocycles. The fraction of sp³-hybridized carbons (Fsp3) is 0.312. The first-order valence-corrected chi connectivity index (χ1v) is 8.06. The first kappa shape index (κ1) is 18.2. The number of aromatic nitrogens is 1. The minimum atomic E-state index is -0.446. The minimum absolute atomic E-state index is 0.0287. The largest absolute Gasteiger partial charge is 0.497 e. The van der Waals surface area contributed by atoms with Crippen LogP contribution < -0.4 is 10.1 Å². The standard InChI is InChI=1S/C16H19BrN4O3/c1-20(2)15(11-4-6-13(24-3)7-5-11)10-19-16-14(21(22)23)8-12(17)9-18-16/h4-9,15H,10H2,1-3H3,(H,18,19). The first-order chi connectivity index (χ1) is 11.4. The summed E-state index contributed by atoms with van der Waals surface area (Å²) in [6, 6.07) is 9.22. The fourth-order valence-corrected chi connectivity index (χ4v) is 2.64. The molecule has 0 bridgehead atoms. The lowest BCUT2D eigenvalue weighted by Gasteiger charge is -2.25. The summed E-state index contributed by atoms with van der Waals surface area (Å²) in [5, 5.41) is 14.3. The lowest BCUT2D eigenvalue weighted by Crippen LogP contribution is -2.27. The second-order valence-electron chi connectivity index (χ2n) is 5.41. The summed E-state index contributed by atoms with van der Waals surface area (Å²) in [5.41, 5.74) is 1.02. The molecule has 24 heavy (non-hydrogen) atoms. The van der Waals surface area contributed by atoms with Crippen molar-refractivity contribution >= 4 is 27.4 Å². The van der Waals surface area contributed by atoms with Crippen molar-refractivity contribution in [3.63, 3.8) is 0 Å². The van der Waals surface area contributed by atoms with Crippen LogP contribution in [0.3, 0.4) is 0 Å². The third kappa shape index (κ3) is 4.42. The summed E-state index contributed by atoms with van der Waals surface area (Å²) in [4.78, 5) is 16.9. The molecule has 0 saturated carbocycles. The Balaban J connectivity index is 2.19. The molecule has 0 amide bonds. The van der Waals surface area contributed by atoms with Crippen molar-refractivity contribution < 1.29 is 9.66 Å². The van der Waals surface area contributed by atoms with Crippen molar-refractivity contribution in [2.24, 2.45) is 0 Å². The fourth-order valence-electron chi connectivity index (χ4n) is 2.32. The number of halogens is 1. The quantitative estimate of drug-likeness (QED) is 0.571. The number of methoxy groups -OCH3 is 1. The number of hydrogen-bond donors (Lipinski definition) is 1. The number of ether oxygens (including phenoxy) is 1. The third-order valence-electron chi connectivity index (χ3n) is 3.62. The monoisotopic (exact) mass is 394 g/mol. The Kier molecular flexibility index (Phi) is 6.10. The van der Waals surface area contributed by atoms with Gasteiger partial charge in [-0.1, -0.05) is 12.1 Å². The Hall–Kier alpha value is -2.19. The summed E-state index contributed by atoms with van der Waals surface area (Å²) in [6.07, 6.45) is 1.54. The van der Waals surface area contributed by atoms with Gasteiger partial charge < -0.3 is 15.0 Å². The van der Waals surface area contributed by atoms with Gasteiger partial charge in [0.1, 0.15) is 5.75 Å². The summed E-state index contributed by atoms with van der Waals surface area (Å²) >= 11 is 3.20. The first-order valence-electron chi connectivity index (χ1n) is 7.26. The Morgan fingerprint density at radius 1 is 1.38 bits per heavy atom. The second kappa shape index (κ2) is 8.07. The van der Waals surface area contributed by atoms with Crippen LogP contribution in [0, 0.1) is 10.1 Å². The molecule has 0 aliphatic carbocycles. The van der Waals surface area contributed by atoms with Gasteiger partial charge in [-0.3, -0.25) is 10.1 Å². The van der Waals surface area contributed by atoms with Crippen molar-refractivity contribution in [3.05, 3.63) is 56.7 Å². The number of pyridine rings is 1. The minimum Gasteiger partial charge on any atom is -0.497 e. The molecule has 7 nitrogen and oxygen atoms in total. The average molecular weight is 395 g/mol. The zero-order chi connectivity index (χ0) is 17.7. The predicted octanol–water partition coefficient (Wildman–Crippen LogP) is 3.48. The molecule has 2 rings (SSSR count). The molecule has 1 aromatic heterocycles. The van der Waals surface area contributed by atoms with E-state index in [4.69, 9.17) is 4.74 Å². The smallest absolute Gasteiger partial charge is 0.312 e. The van der Waals surface area contributed by atoms with Crippen molar-refractivity contribution in [1.82, 2.24) is 9.88 Å². The molecule has 8 heteroatoms. The van der Waals surface area contributed by atoms with Crippen molar-refractivity contribution in [2.45, 2.75) is 6.04 Å². The number of likely N-dealkylation sites (N-methyl/N-ethyl adjacent to an activating group) is 1. The Morgan fingerprint density at radius 2 is 2.04 bits per heavy atom. The molecule has 1 aromatic carbocycles. The van der Waals surface area contributed by atoms with E-state index in [1.54, 1.807) is 7.11 Å². The average Bonchev–Trinajstić information content (AvgIpc) is 2.56. The maximum Gasteiger partial charge on any atom is 0.312 e. The molecule has 0 aliphatic rings.